The molecule has 0 fully saturated rings. The van der Waals surface area contributed by atoms with E-state index >= 15 is 0 Å². The molecule has 0 radical (unpaired) electrons. The smallest absolute Gasteiger partial charge is 0.175 e. The molecule has 0 unspecified atom stereocenters. The van der Waals surface area contributed by atoms with Crippen molar-refractivity contribution in [2.75, 3.05) is 12.8 Å². The van der Waals surface area contributed by atoms with Crippen LogP contribution in [-0.2, 0) is 0 Å². The van der Waals surface area contributed by atoms with E-state index in [1.54, 1.807) is 18.9 Å². The second-order valence-electron chi connectivity index (χ2n) is 6.53. The summed E-state index contributed by atoms with van der Waals surface area (Å²) in [4.78, 5) is 14.4. The van der Waals surface area contributed by atoms with E-state index in [0.29, 0.717) is 11.3 Å². The fourth-order valence-corrected chi connectivity index (χ4v) is 4.50. The maximum atomic E-state index is 6.04. The maximum Gasteiger partial charge on any atom is 0.175 e. The lowest BCUT2D eigenvalue weighted by atomic mass is 10.1. The second-order valence-corrected chi connectivity index (χ2v) is 7.57. The lowest BCUT2D eigenvalue weighted by Gasteiger charge is -2.16. The Morgan fingerprint density at radius 2 is 1.92 bits per heavy atom. The van der Waals surface area contributed by atoms with Crippen LogP contribution in [0.5, 0.6) is 5.75 Å². The van der Waals surface area contributed by atoms with E-state index < -0.39 is 0 Å². The Bertz CT molecular complexity index is 914. The van der Waals surface area contributed by atoms with Crippen molar-refractivity contribution in [2.45, 2.75) is 56.6 Å². The van der Waals surface area contributed by atoms with Gasteiger partial charge >= 0.3 is 0 Å². The average molecular weight is 372 g/mol. The molecule has 2 heterocycles. The van der Waals surface area contributed by atoms with Gasteiger partial charge in [-0.25, -0.2) is 15.0 Å². The normalized spacial score (nSPS) is 12.5. The van der Waals surface area contributed by atoms with E-state index in [1.165, 1.54) is 6.33 Å². The molecule has 1 atom stereocenters. The predicted octanol–water partition coefficient (Wildman–Crippen LogP) is 4.55. The van der Waals surface area contributed by atoms with Crippen molar-refractivity contribution in [3.05, 3.63) is 29.6 Å². The minimum absolute atomic E-state index is 0.280. The molecule has 138 valence electrons. The standard InChI is InChI=1S/C19H25N5OS/c1-6-7-13(4)24-18-15(17(20)21-10-22-18)23-19(24)26-14-8-11(2)16(25-5)12(3)9-14/h8-10,13H,6-7H2,1-5H3,(H2,20,21,22)/t13-/m0/s1. The summed E-state index contributed by atoms with van der Waals surface area (Å²) < 4.78 is 7.65. The van der Waals surface area contributed by atoms with Crippen LogP contribution in [0.2, 0.25) is 0 Å². The average Bonchev–Trinajstić information content (AvgIpc) is 2.94. The van der Waals surface area contributed by atoms with Crippen LogP contribution in [0.15, 0.2) is 28.5 Å². The molecule has 3 rings (SSSR count). The SMILES string of the molecule is CCC[C@H](C)n1c(Sc2cc(C)c(OC)c(C)c2)nc2c(N)ncnc21. The fraction of sp³-hybridized carbons (Fsp3) is 0.421. The van der Waals surface area contributed by atoms with Crippen LogP contribution < -0.4 is 10.5 Å². The topological polar surface area (TPSA) is 78.9 Å². The number of aromatic nitrogens is 4. The Kier molecular flexibility index (Phi) is 5.36. The van der Waals surface area contributed by atoms with E-state index in [-0.39, 0.29) is 6.04 Å². The largest absolute Gasteiger partial charge is 0.496 e. The number of fused-ring (bicyclic) bond motifs is 1. The molecule has 0 saturated carbocycles. The van der Waals surface area contributed by atoms with Crippen molar-refractivity contribution in [2.24, 2.45) is 0 Å². The van der Waals surface area contributed by atoms with Gasteiger partial charge in [0.25, 0.3) is 0 Å². The minimum Gasteiger partial charge on any atom is -0.496 e. The van der Waals surface area contributed by atoms with E-state index in [2.05, 4.69) is 54.4 Å². The summed E-state index contributed by atoms with van der Waals surface area (Å²) in [5.41, 5.74) is 9.72. The maximum absolute atomic E-state index is 6.04. The van der Waals surface area contributed by atoms with Gasteiger partial charge in [-0.1, -0.05) is 25.1 Å². The number of hydrogen-bond acceptors (Lipinski definition) is 6. The van der Waals surface area contributed by atoms with Crippen molar-refractivity contribution in [1.82, 2.24) is 19.5 Å². The van der Waals surface area contributed by atoms with E-state index in [9.17, 15) is 0 Å². The number of nitrogens with two attached hydrogens (primary N) is 1. The molecule has 26 heavy (non-hydrogen) atoms. The Hall–Kier alpha value is -2.28. The first kappa shape index (κ1) is 18.5. The van der Waals surface area contributed by atoms with Gasteiger partial charge in [-0.3, -0.25) is 0 Å². The molecule has 7 heteroatoms. The summed E-state index contributed by atoms with van der Waals surface area (Å²) in [6.07, 6.45) is 3.64. The summed E-state index contributed by atoms with van der Waals surface area (Å²) in [5, 5.41) is 0.886. The highest BCUT2D eigenvalue weighted by Gasteiger charge is 2.20. The molecule has 3 aromatic rings. The van der Waals surface area contributed by atoms with E-state index in [4.69, 9.17) is 15.5 Å². The third-order valence-corrected chi connectivity index (χ3v) is 5.41. The van der Waals surface area contributed by atoms with E-state index in [0.717, 1.165) is 45.4 Å². The van der Waals surface area contributed by atoms with Gasteiger partial charge in [0.2, 0.25) is 0 Å². The summed E-state index contributed by atoms with van der Waals surface area (Å²) in [7, 11) is 1.70. The Labute approximate surface area is 158 Å². The third kappa shape index (κ3) is 3.35. The second kappa shape index (κ2) is 7.53. The Balaban J connectivity index is 2.10. The van der Waals surface area contributed by atoms with Crippen LogP contribution in [0, 0.1) is 13.8 Å². The number of hydrogen-bond donors (Lipinski definition) is 1. The molecule has 0 saturated heterocycles. The highest BCUT2D eigenvalue weighted by atomic mass is 32.2. The predicted molar refractivity (Wildman–Crippen MR) is 106 cm³/mol. The number of nitrogens with zero attached hydrogens (tertiary/aromatic N) is 4. The van der Waals surface area contributed by atoms with Gasteiger partial charge in [0, 0.05) is 10.9 Å². The molecule has 2 N–H and O–H groups in total. The van der Waals surface area contributed by atoms with Crippen molar-refractivity contribution in [1.29, 1.82) is 0 Å². The molecular formula is C19H25N5OS. The van der Waals surface area contributed by atoms with Gasteiger partial charge < -0.3 is 15.0 Å². The van der Waals surface area contributed by atoms with Crippen LogP contribution in [0.1, 0.15) is 43.9 Å². The first-order valence-corrected chi connectivity index (χ1v) is 9.59. The van der Waals surface area contributed by atoms with Crippen LogP contribution in [-0.4, -0.2) is 26.6 Å². The lowest BCUT2D eigenvalue weighted by molar-refractivity contribution is 0.408. The lowest BCUT2D eigenvalue weighted by Crippen LogP contribution is -2.07. The summed E-state index contributed by atoms with van der Waals surface area (Å²) in [6.45, 7) is 8.49. The van der Waals surface area contributed by atoms with Crippen LogP contribution in [0.3, 0.4) is 0 Å². The molecule has 0 bridgehead atoms. The zero-order valence-corrected chi connectivity index (χ0v) is 16.7. The number of rotatable bonds is 6. The van der Waals surface area contributed by atoms with Gasteiger partial charge in [-0.15, -0.1) is 0 Å². The number of anilines is 1. The first-order chi connectivity index (χ1) is 12.5. The van der Waals surface area contributed by atoms with Gasteiger partial charge in [-0.2, -0.15) is 0 Å². The monoisotopic (exact) mass is 371 g/mol. The quantitative estimate of drug-likeness (QED) is 0.685. The molecule has 0 aliphatic carbocycles. The van der Waals surface area contributed by atoms with Gasteiger partial charge in [0.1, 0.15) is 12.1 Å². The highest BCUT2D eigenvalue weighted by Crippen LogP contribution is 2.36. The minimum atomic E-state index is 0.280. The zero-order chi connectivity index (χ0) is 18.8. The van der Waals surface area contributed by atoms with Gasteiger partial charge in [0.15, 0.2) is 22.1 Å². The van der Waals surface area contributed by atoms with Crippen molar-refractivity contribution < 1.29 is 4.74 Å². The van der Waals surface area contributed by atoms with E-state index in [1.807, 2.05) is 0 Å². The summed E-state index contributed by atoms with van der Waals surface area (Å²) in [5.74, 6) is 1.35. The summed E-state index contributed by atoms with van der Waals surface area (Å²) >= 11 is 1.62. The molecule has 1 aromatic carbocycles. The first-order valence-electron chi connectivity index (χ1n) is 8.77. The molecule has 2 aromatic heterocycles. The third-order valence-electron chi connectivity index (χ3n) is 4.47. The zero-order valence-electron chi connectivity index (χ0n) is 15.9. The molecule has 0 aliphatic heterocycles. The van der Waals surface area contributed by atoms with Crippen molar-refractivity contribution in [3.63, 3.8) is 0 Å². The van der Waals surface area contributed by atoms with Crippen molar-refractivity contribution >= 4 is 28.7 Å². The number of aryl methyl sites for hydroxylation is 2. The van der Waals surface area contributed by atoms with Gasteiger partial charge in [-0.05, 0) is 50.5 Å². The number of imidazole rings is 1. The Morgan fingerprint density at radius 3 is 2.54 bits per heavy atom. The molecule has 0 amide bonds. The number of nitrogen functional groups attached to an aromatic ring is 1. The molecular weight excluding hydrogens is 346 g/mol. The summed E-state index contributed by atoms with van der Waals surface area (Å²) in [6, 6.07) is 4.53. The van der Waals surface area contributed by atoms with Gasteiger partial charge in [0.05, 0.1) is 7.11 Å². The number of methoxy groups -OCH3 is 1. The van der Waals surface area contributed by atoms with Crippen LogP contribution >= 0.6 is 11.8 Å². The Morgan fingerprint density at radius 1 is 1.23 bits per heavy atom. The molecule has 0 aliphatic rings. The molecule has 0 spiro atoms. The highest BCUT2D eigenvalue weighted by molar-refractivity contribution is 7.99. The van der Waals surface area contributed by atoms with Crippen molar-refractivity contribution in [3.8, 4) is 5.75 Å². The number of ether oxygens (including phenoxy) is 1. The van der Waals surface area contributed by atoms with Crippen LogP contribution in [0.25, 0.3) is 11.2 Å². The van der Waals surface area contributed by atoms with Crippen LogP contribution in [0.4, 0.5) is 5.82 Å². The number of benzene rings is 1. The molecule has 6 nitrogen and oxygen atoms in total. The fourth-order valence-electron chi connectivity index (χ4n) is 3.32.